The number of allylic oxidation sites excluding steroid dienone is 3. The molecule has 0 heterocycles. The van der Waals surface area contributed by atoms with Crippen LogP contribution in [-0.4, -0.2) is 19.8 Å². The zero-order valence-electron chi connectivity index (χ0n) is 7.30. The fourth-order valence-electron chi connectivity index (χ4n) is 0.694. The van der Waals surface area contributed by atoms with Crippen molar-refractivity contribution in [3.05, 3.63) is 37.0 Å². The summed E-state index contributed by atoms with van der Waals surface area (Å²) < 4.78 is 11.5. The van der Waals surface area contributed by atoms with Crippen molar-refractivity contribution in [2.75, 3.05) is 19.8 Å². The average Bonchev–Trinajstić information content (AvgIpc) is 2.10. The van der Waals surface area contributed by atoms with Crippen molar-refractivity contribution >= 4 is 0 Å². The van der Waals surface area contributed by atoms with E-state index in [-0.39, 0.29) is 6.67 Å². The maximum atomic E-state index is 11.5. The van der Waals surface area contributed by atoms with E-state index < -0.39 is 0 Å². The summed E-state index contributed by atoms with van der Waals surface area (Å²) >= 11 is 0. The monoisotopic (exact) mass is 169 g/mol. The Morgan fingerprint density at radius 2 is 2.00 bits per heavy atom. The molecule has 0 aromatic carbocycles. The molecule has 12 heavy (non-hydrogen) atoms. The molecular formula is C10H16FN. The van der Waals surface area contributed by atoms with Crippen molar-refractivity contribution in [2.24, 2.45) is 0 Å². The van der Waals surface area contributed by atoms with Gasteiger partial charge in [-0.1, -0.05) is 30.4 Å². The van der Waals surface area contributed by atoms with Gasteiger partial charge in [0.1, 0.15) is 6.67 Å². The molecule has 0 saturated carbocycles. The Kier molecular flexibility index (Phi) is 9.36. The normalized spacial score (nSPS) is 11.4. The molecule has 0 radical (unpaired) electrons. The van der Waals surface area contributed by atoms with Crippen molar-refractivity contribution in [2.45, 2.75) is 6.42 Å². The third-order valence-electron chi connectivity index (χ3n) is 1.25. The lowest BCUT2D eigenvalue weighted by molar-refractivity contribution is 0.562. The summed E-state index contributed by atoms with van der Waals surface area (Å²) in [6.45, 7) is 4.97. The van der Waals surface area contributed by atoms with Crippen LogP contribution in [0.3, 0.4) is 0 Å². The third kappa shape index (κ3) is 9.11. The number of hydrogen-bond acceptors (Lipinski definition) is 1. The zero-order valence-corrected chi connectivity index (χ0v) is 7.30. The van der Waals surface area contributed by atoms with Crippen LogP contribution in [0.5, 0.6) is 0 Å². The van der Waals surface area contributed by atoms with E-state index in [1.807, 2.05) is 18.2 Å². The number of hydrogen-bond donors (Lipinski definition) is 1. The molecule has 0 fully saturated rings. The van der Waals surface area contributed by atoms with Gasteiger partial charge in [-0.15, -0.1) is 6.58 Å². The SMILES string of the molecule is C=CCNCC/C=C\C=C/CF. The molecule has 0 aromatic heterocycles. The summed E-state index contributed by atoms with van der Waals surface area (Å²) in [5.74, 6) is 0. The second-order valence-corrected chi connectivity index (χ2v) is 2.29. The molecule has 0 bridgehead atoms. The molecule has 1 N–H and O–H groups in total. The van der Waals surface area contributed by atoms with Gasteiger partial charge in [-0.3, -0.25) is 0 Å². The Labute approximate surface area is 73.7 Å². The van der Waals surface area contributed by atoms with E-state index in [9.17, 15) is 4.39 Å². The van der Waals surface area contributed by atoms with Crippen LogP contribution < -0.4 is 5.32 Å². The summed E-state index contributed by atoms with van der Waals surface area (Å²) in [4.78, 5) is 0. The average molecular weight is 169 g/mol. The third-order valence-corrected chi connectivity index (χ3v) is 1.25. The van der Waals surface area contributed by atoms with Gasteiger partial charge in [0.05, 0.1) is 0 Å². The lowest BCUT2D eigenvalue weighted by Crippen LogP contribution is -2.13. The van der Waals surface area contributed by atoms with Crippen LogP contribution in [0.15, 0.2) is 37.0 Å². The van der Waals surface area contributed by atoms with Crippen molar-refractivity contribution in [3.63, 3.8) is 0 Å². The largest absolute Gasteiger partial charge is 0.313 e. The van der Waals surface area contributed by atoms with Crippen LogP contribution in [0.2, 0.25) is 0 Å². The number of halogens is 1. The fraction of sp³-hybridized carbons (Fsp3) is 0.400. The highest BCUT2D eigenvalue weighted by molar-refractivity contribution is 5.02. The smallest absolute Gasteiger partial charge is 0.108 e. The molecular weight excluding hydrogens is 153 g/mol. The molecule has 0 aliphatic heterocycles. The van der Waals surface area contributed by atoms with Gasteiger partial charge in [-0.25, -0.2) is 4.39 Å². The van der Waals surface area contributed by atoms with E-state index in [4.69, 9.17) is 0 Å². The van der Waals surface area contributed by atoms with Gasteiger partial charge in [-0.05, 0) is 13.0 Å². The van der Waals surface area contributed by atoms with E-state index >= 15 is 0 Å². The Hall–Kier alpha value is -0.890. The van der Waals surface area contributed by atoms with Gasteiger partial charge in [0, 0.05) is 6.54 Å². The van der Waals surface area contributed by atoms with Crippen LogP contribution in [0.25, 0.3) is 0 Å². The van der Waals surface area contributed by atoms with E-state index in [1.165, 1.54) is 6.08 Å². The molecule has 0 spiro atoms. The first-order chi connectivity index (χ1) is 5.91. The van der Waals surface area contributed by atoms with Crippen molar-refractivity contribution < 1.29 is 4.39 Å². The Morgan fingerprint density at radius 1 is 1.25 bits per heavy atom. The second-order valence-electron chi connectivity index (χ2n) is 2.29. The number of nitrogens with one attached hydrogen (secondary N) is 1. The standard InChI is InChI=1S/C10H16FN/c1-2-9-12-10-7-5-3-4-6-8-11/h2-6,12H,1,7-10H2/b5-3-,6-4-. The molecule has 0 atom stereocenters. The predicted molar refractivity (Wildman–Crippen MR) is 51.9 cm³/mol. The molecule has 0 aliphatic rings. The summed E-state index contributed by atoms with van der Waals surface area (Å²) in [6.07, 6.45) is 9.84. The first-order valence-corrected chi connectivity index (χ1v) is 4.11. The first kappa shape index (κ1) is 11.1. The summed E-state index contributed by atoms with van der Waals surface area (Å²) in [5, 5.41) is 3.16. The summed E-state index contributed by atoms with van der Waals surface area (Å²) in [7, 11) is 0. The van der Waals surface area contributed by atoms with Crippen LogP contribution in [0.4, 0.5) is 4.39 Å². The highest BCUT2D eigenvalue weighted by Gasteiger charge is 1.78. The Balaban J connectivity index is 3.12. The zero-order chi connectivity index (χ0) is 9.07. The first-order valence-electron chi connectivity index (χ1n) is 4.11. The predicted octanol–water partition coefficient (Wildman–Crippen LogP) is 2.23. The molecule has 0 rings (SSSR count). The molecule has 1 nitrogen and oxygen atoms in total. The Morgan fingerprint density at radius 3 is 2.67 bits per heavy atom. The lowest BCUT2D eigenvalue weighted by Gasteiger charge is -1.94. The summed E-state index contributed by atoms with van der Waals surface area (Å²) in [6, 6.07) is 0. The molecule has 0 aliphatic carbocycles. The minimum absolute atomic E-state index is 0.390. The number of rotatable bonds is 7. The van der Waals surface area contributed by atoms with Gasteiger partial charge in [0.2, 0.25) is 0 Å². The molecule has 0 unspecified atom stereocenters. The van der Waals surface area contributed by atoms with Gasteiger partial charge in [0.15, 0.2) is 0 Å². The molecule has 0 amide bonds. The minimum atomic E-state index is -0.390. The minimum Gasteiger partial charge on any atom is -0.313 e. The van der Waals surface area contributed by atoms with E-state index in [2.05, 4.69) is 11.9 Å². The fourth-order valence-corrected chi connectivity index (χ4v) is 0.694. The Bertz CT molecular complexity index is 150. The van der Waals surface area contributed by atoms with Crippen LogP contribution in [0.1, 0.15) is 6.42 Å². The molecule has 68 valence electrons. The molecule has 0 aromatic rings. The molecule has 0 saturated heterocycles. The lowest BCUT2D eigenvalue weighted by atomic mass is 10.3. The highest BCUT2D eigenvalue weighted by Crippen LogP contribution is 1.83. The van der Waals surface area contributed by atoms with Crippen LogP contribution >= 0.6 is 0 Å². The van der Waals surface area contributed by atoms with Gasteiger partial charge >= 0.3 is 0 Å². The maximum Gasteiger partial charge on any atom is 0.108 e. The summed E-state index contributed by atoms with van der Waals surface area (Å²) in [5.41, 5.74) is 0. The molecule has 2 heteroatoms. The van der Waals surface area contributed by atoms with Crippen molar-refractivity contribution in [1.82, 2.24) is 5.32 Å². The topological polar surface area (TPSA) is 12.0 Å². The van der Waals surface area contributed by atoms with E-state index in [0.717, 1.165) is 19.5 Å². The van der Waals surface area contributed by atoms with Gasteiger partial charge in [-0.2, -0.15) is 0 Å². The van der Waals surface area contributed by atoms with E-state index in [0.29, 0.717) is 0 Å². The number of alkyl halides is 1. The highest BCUT2D eigenvalue weighted by atomic mass is 19.1. The van der Waals surface area contributed by atoms with Crippen molar-refractivity contribution in [1.29, 1.82) is 0 Å². The van der Waals surface area contributed by atoms with Crippen LogP contribution in [-0.2, 0) is 0 Å². The van der Waals surface area contributed by atoms with Gasteiger partial charge in [0.25, 0.3) is 0 Å². The maximum absolute atomic E-state index is 11.5. The quantitative estimate of drug-likeness (QED) is 0.350. The van der Waals surface area contributed by atoms with E-state index in [1.54, 1.807) is 6.08 Å². The van der Waals surface area contributed by atoms with Gasteiger partial charge < -0.3 is 5.32 Å². The van der Waals surface area contributed by atoms with Crippen molar-refractivity contribution in [3.8, 4) is 0 Å². The van der Waals surface area contributed by atoms with Crippen LogP contribution in [0, 0.1) is 0 Å². The second kappa shape index (κ2) is 10.1.